The fourth-order valence-electron chi connectivity index (χ4n) is 1.68. The highest BCUT2D eigenvalue weighted by molar-refractivity contribution is 4.64. The first kappa shape index (κ1) is 15.4. The average Bonchev–Trinajstić information content (AvgIpc) is 2.29. The van der Waals surface area contributed by atoms with E-state index in [-0.39, 0.29) is 9.72 Å². The highest BCUT2D eigenvalue weighted by Crippen LogP contribution is 2.25. The monoisotopic (exact) mass is 248 g/mol. The number of nitrogens with zero attached hydrogens (tertiary/aromatic N) is 4. The van der Waals surface area contributed by atoms with E-state index in [1.807, 2.05) is 13.8 Å². The molecule has 0 aromatic carbocycles. The smallest absolute Gasteiger partial charge is 0.424 e. The van der Waals surface area contributed by atoms with Crippen LogP contribution in [0, 0.1) is 10.4 Å². The van der Waals surface area contributed by atoms with Gasteiger partial charge in [-0.3, -0.25) is 0 Å². The molecule has 0 aliphatic heterocycles. The van der Waals surface area contributed by atoms with Crippen molar-refractivity contribution < 1.29 is 19.4 Å². The molecule has 0 saturated heterocycles. The molecule has 8 nitrogen and oxygen atoms in total. The molecule has 0 atom stereocenters. The minimum absolute atomic E-state index is 0.259. The van der Waals surface area contributed by atoms with E-state index >= 15 is 0 Å². The maximum absolute atomic E-state index is 11.8. The van der Waals surface area contributed by atoms with Crippen LogP contribution in [0.5, 0.6) is 0 Å². The van der Waals surface area contributed by atoms with Crippen LogP contribution in [-0.2, 0) is 9.68 Å². The summed E-state index contributed by atoms with van der Waals surface area (Å²) >= 11 is 0. The summed E-state index contributed by atoms with van der Waals surface area (Å²) in [4.78, 5) is 9.36. The Balaban J connectivity index is 5.40. The van der Waals surface area contributed by atoms with Crippen LogP contribution in [-0.4, -0.2) is 29.6 Å². The summed E-state index contributed by atoms with van der Waals surface area (Å²) in [5, 5.41) is 30.2. The lowest BCUT2D eigenvalue weighted by molar-refractivity contribution is -0.848. The van der Waals surface area contributed by atoms with Crippen molar-refractivity contribution in [1.82, 2.24) is 0 Å². The molecule has 0 heterocycles. The minimum Gasteiger partial charge on any atom is -0.592 e. The van der Waals surface area contributed by atoms with Gasteiger partial charge in [0.2, 0.25) is 10.6 Å². The van der Waals surface area contributed by atoms with Gasteiger partial charge in [-0.1, -0.05) is 13.8 Å². The molecule has 100 valence electrons. The fraction of sp³-hybridized carbons (Fsp3) is 1.00. The molecule has 0 unspecified atom stereocenters. The van der Waals surface area contributed by atoms with E-state index in [0.29, 0.717) is 25.7 Å². The number of hydrogen-bond donors (Lipinski definition) is 0. The van der Waals surface area contributed by atoms with E-state index in [0.717, 1.165) is 0 Å². The maximum atomic E-state index is 11.8. The molecule has 0 radical (unpaired) electrons. The normalized spacial score (nSPS) is 13.6. The Morgan fingerprint density at radius 3 is 1.53 bits per heavy atom. The highest BCUT2D eigenvalue weighted by Gasteiger charge is 2.51. The van der Waals surface area contributed by atoms with Crippen LogP contribution in [0.15, 0.2) is 10.6 Å². The second kappa shape index (κ2) is 7.64. The van der Waals surface area contributed by atoms with E-state index in [2.05, 4.69) is 20.2 Å². The first-order valence-corrected chi connectivity index (χ1v) is 5.52. The lowest BCUT2D eigenvalue weighted by atomic mass is 10.00. The summed E-state index contributed by atoms with van der Waals surface area (Å²) in [7, 11) is 2.49. The van der Waals surface area contributed by atoms with Crippen molar-refractivity contribution in [3.63, 3.8) is 0 Å². The largest absolute Gasteiger partial charge is 0.592 e. The fourth-order valence-corrected chi connectivity index (χ4v) is 1.68. The van der Waals surface area contributed by atoms with Gasteiger partial charge in [-0.25, -0.2) is 0 Å². The Morgan fingerprint density at radius 1 is 0.941 bits per heavy atom. The Hall–Kier alpha value is -1.60. The zero-order valence-electron chi connectivity index (χ0n) is 10.8. The van der Waals surface area contributed by atoms with Crippen molar-refractivity contribution in [2.45, 2.75) is 45.2 Å². The van der Waals surface area contributed by atoms with Gasteiger partial charge >= 0.3 is 5.66 Å². The second-order valence-electron chi connectivity index (χ2n) is 3.56. The van der Waals surface area contributed by atoms with Crippen molar-refractivity contribution in [2.24, 2.45) is 10.6 Å². The van der Waals surface area contributed by atoms with Gasteiger partial charge in [-0.15, -0.1) is 0 Å². The van der Waals surface area contributed by atoms with Gasteiger partial charge in [0.25, 0.3) is 0 Å². The van der Waals surface area contributed by atoms with Gasteiger partial charge in [-0.2, -0.15) is 0 Å². The molecule has 0 amide bonds. The van der Waals surface area contributed by atoms with Crippen LogP contribution < -0.4 is 0 Å². The molecular weight excluding hydrogens is 228 g/mol. The Morgan fingerprint density at radius 2 is 1.29 bits per heavy atom. The number of hydroxylamine groups is 2. The van der Waals surface area contributed by atoms with E-state index < -0.39 is 5.66 Å². The first-order valence-electron chi connectivity index (χ1n) is 5.52. The van der Waals surface area contributed by atoms with Gasteiger partial charge < -0.3 is 20.1 Å². The van der Waals surface area contributed by atoms with Crippen LogP contribution >= 0.6 is 0 Å². The van der Waals surface area contributed by atoms with Crippen LogP contribution in [0.2, 0.25) is 0 Å². The van der Waals surface area contributed by atoms with Crippen molar-refractivity contribution in [2.75, 3.05) is 14.2 Å². The predicted molar refractivity (Wildman–Crippen MR) is 58.7 cm³/mol. The maximum Gasteiger partial charge on any atom is 0.424 e. The van der Waals surface area contributed by atoms with Crippen LogP contribution in [0.25, 0.3) is 0 Å². The molecule has 17 heavy (non-hydrogen) atoms. The SMILES string of the molecule is CCCC(CCC)([N+]([O-])=NOC)[N+]([O-])=NOC. The quantitative estimate of drug-likeness (QED) is 0.285. The molecule has 0 aromatic rings. The zero-order valence-corrected chi connectivity index (χ0v) is 10.8. The first-order chi connectivity index (χ1) is 8.08. The lowest BCUT2D eigenvalue weighted by Gasteiger charge is -2.22. The Labute approximate surface area is 101 Å². The summed E-state index contributed by atoms with van der Waals surface area (Å²) in [6.07, 6.45) is 1.90. The van der Waals surface area contributed by atoms with Crippen LogP contribution in [0.3, 0.4) is 0 Å². The van der Waals surface area contributed by atoms with Gasteiger partial charge in [0.15, 0.2) is 0 Å². The third-order valence-electron chi connectivity index (χ3n) is 2.32. The van der Waals surface area contributed by atoms with Gasteiger partial charge in [0.1, 0.15) is 14.2 Å². The molecule has 0 aliphatic carbocycles. The minimum atomic E-state index is -1.41. The Kier molecular flexibility index (Phi) is 6.92. The van der Waals surface area contributed by atoms with E-state index in [4.69, 9.17) is 0 Å². The standard InChI is InChI=1S/C9H20N4O4/c1-5-7-9(8-6-2,12(14)10-16-3)13(15)11-17-4/h5-8H2,1-4H3. The van der Waals surface area contributed by atoms with E-state index in [1.165, 1.54) is 14.2 Å². The molecular formula is C9H20N4O4. The van der Waals surface area contributed by atoms with Gasteiger partial charge in [0.05, 0.1) is 12.8 Å². The van der Waals surface area contributed by atoms with Crippen molar-refractivity contribution in [3.05, 3.63) is 10.4 Å². The molecule has 0 aliphatic rings. The van der Waals surface area contributed by atoms with E-state index in [9.17, 15) is 10.4 Å². The summed E-state index contributed by atoms with van der Waals surface area (Å²) in [6.45, 7) is 3.73. The molecule has 0 spiro atoms. The summed E-state index contributed by atoms with van der Waals surface area (Å²) < 4.78 is 0. The van der Waals surface area contributed by atoms with Crippen LogP contribution in [0.4, 0.5) is 0 Å². The zero-order chi connectivity index (χ0) is 13.3. The van der Waals surface area contributed by atoms with Crippen LogP contribution in [0.1, 0.15) is 39.5 Å². The molecule has 0 fully saturated rings. The predicted octanol–water partition coefficient (Wildman–Crippen LogP) is 2.33. The summed E-state index contributed by atoms with van der Waals surface area (Å²) in [5.74, 6) is 0. The summed E-state index contributed by atoms with van der Waals surface area (Å²) in [5.41, 5.74) is -1.41. The second-order valence-corrected chi connectivity index (χ2v) is 3.56. The van der Waals surface area contributed by atoms with Crippen molar-refractivity contribution >= 4 is 0 Å². The molecule has 0 N–H and O–H groups in total. The molecule has 0 aromatic heterocycles. The molecule has 0 rings (SSSR count). The third-order valence-corrected chi connectivity index (χ3v) is 2.32. The van der Waals surface area contributed by atoms with E-state index in [1.54, 1.807) is 0 Å². The number of hydrogen-bond acceptors (Lipinski definition) is 6. The molecule has 0 saturated carbocycles. The molecule has 8 heteroatoms. The van der Waals surface area contributed by atoms with Crippen molar-refractivity contribution in [1.29, 1.82) is 0 Å². The molecule has 0 bridgehead atoms. The number of rotatable bonds is 8. The summed E-state index contributed by atoms with van der Waals surface area (Å²) in [6, 6.07) is 0. The third kappa shape index (κ3) is 3.72. The van der Waals surface area contributed by atoms with Crippen molar-refractivity contribution in [3.8, 4) is 0 Å². The van der Waals surface area contributed by atoms with Gasteiger partial charge in [0, 0.05) is 9.72 Å². The Bertz CT molecular complexity index is 252. The average molecular weight is 248 g/mol. The highest BCUT2D eigenvalue weighted by atomic mass is 16.7. The topological polar surface area (TPSA) is 95.3 Å². The lowest BCUT2D eigenvalue weighted by Crippen LogP contribution is -2.47. The van der Waals surface area contributed by atoms with Gasteiger partial charge in [-0.05, 0) is 12.8 Å².